The molecule has 0 fully saturated rings. The number of unbranched alkanes of at least 4 members (excludes halogenated alkanes) is 23. The Balaban J connectivity index is 5.49. The number of allylic oxidation sites excluding steroid dienone is 23. The van der Waals surface area contributed by atoms with Crippen LogP contribution in [0, 0.1) is 0 Å². The zero-order valence-corrected chi connectivity index (χ0v) is 65.3. The summed E-state index contributed by atoms with van der Waals surface area (Å²) in [5.74, 6) is -2.41. The van der Waals surface area contributed by atoms with E-state index in [1.165, 1.54) is 77.0 Å². The van der Waals surface area contributed by atoms with Crippen LogP contribution >= 0.6 is 15.6 Å². The van der Waals surface area contributed by atoms with Gasteiger partial charge in [-0.2, -0.15) is 0 Å². The first kappa shape index (κ1) is 96.9. The molecule has 0 radical (unpaired) electrons. The fourth-order valence-electron chi connectivity index (χ4n) is 9.91. The van der Waals surface area contributed by atoms with E-state index in [-0.39, 0.29) is 25.7 Å². The topological polar surface area (TPSA) is 237 Å². The third-order valence-corrected chi connectivity index (χ3v) is 17.7. The summed E-state index contributed by atoms with van der Waals surface area (Å²) < 4.78 is 68.3. The van der Waals surface area contributed by atoms with Crippen molar-refractivity contribution >= 4 is 39.5 Å². The van der Waals surface area contributed by atoms with Crippen molar-refractivity contribution in [1.29, 1.82) is 0 Å². The zero-order chi connectivity index (χ0) is 74.6. The number of ether oxygens (including phenoxy) is 4. The first-order chi connectivity index (χ1) is 49.7. The van der Waals surface area contributed by atoms with Crippen molar-refractivity contribution < 1.29 is 80.2 Å². The average molecular weight is 1470 g/mol. The summed E-state index contributed by atoms with van der Waals surface area (Å²) in [6.07, 6.45) is 84.5. The molecule has 582 valence electrons. The summed E-state index contributed by atoms with van der Waals surface area (Å²) in [4.78, 5) is 72.9. The number of carbonyl (C=O) groups excluding carboxylic acids is 4. The lowest BCUT2D eigenvalue weighted by Crippen LogP contribution is -2.30. The summed E-state index contributed by atoms with van der Waals surface area (Å²) >= 11 is 0. The van der Waals surface area contributed by atoms with Crippen LogP contribution < -0.4 is 0 Å². The van der Waals surface area contributed by atoms with Gasteiger partial charge in [0.1, 0.15) is 19.3 Å². The summed E-state index contributed by atoms with van der Waals surface area (Å²) in [5, 5.41) is 10.6. The molecule has 0 spiro atoms. The van der Waals surface area contributed by atoms with Gasteiger partial charge in [0.2, 0.25) is 0 Å². The van der Waals surface area contributed by atoms with E-state index in [2.05, 4.69) is 137 Å². The third-order valence-electron chi connectivity index (χ3n) is 15.8. The first-order valence-corrected chi connectivity index (χ1v) is 42.1. The number of hydrogen-bond acceptors (Lipinski definition) is 15. The van der Waals surface area contributed by atoms with Crippen LogP contribution in [0.4, 0.5) is 0 Å². The van der Waals surface area contributed by atoms with Crippen LogP contribution in [-0.2, 0) is 65.4 Å². The Labute approximate surface area is 617 Å². The Morgan fingerprint density at radius 1 is 0.294 bits per heavy atom. The first-order valence-electron chi connectivity index (χ1n) is 39.1. The van der Waals surface area contributed by atoms with Crippen molar-refractivity contribution in [1.82, 2.24) is 0 Å². The number of esters is 4. The van der Waals surface area contributed by atoms with Crippen molar-refractivity contribution in [3.05, 3.63) is 146 Å². The Kier molecular flexibility index (Phi) is 70.5. The molecule has 0 aliphatic heterocycles. The van der Waals surface area contributed by atoms with Gasteiger partial charge in [0.25, 0.3) is 0 Å². The molecule has 5 unspecified atom stereocenters. The molecule has 0 aliphatic rings. The number of aliphatic hydroxyl groups excluding tert-OH is 1. The molecule has 0 aromatic carbocycles. The predicted octanol–water partition coefficient (Wildman–Crippen LogP) is 22.7. The van der Waals surface area contributed by atoms with Crippen LogP contribution in [0.2, 0.25) is 0 Å². The van der Waals surface area contributed by atoms with Gasteiger partial charge in [0.05, 0.1) is 32.8 Å². The van der Waals surface area contributed by atoms with Crippen molar-refractivity contribution in [2.24, 2.45) is 0 Å². The smallest absolute Gasteiger partial charge is 0.462 e. The van der Waals surface area contributed by atoms with Gasteiger partial charge in [-0.05, 0) is 141 Å². The molecule has 5 atom stereocenters. The number of carbonyl (C=O) groups is 4. The van der Waals surface area contributed by atoms with E-state index >= 15 is 0 Å². The molecule has 0 rings (SSSR count). The highest BCUT2D eigenvalue weighted by Gasteiger charge is 2.30. The Hall–Kier alpha value is -5.06. The lowest BCUT2D eigenvalue weighted by Gasteiger charge is -2.21. The molecule has 0 amide bonds. The van der Waals surface area contributed by atoms with Crippen molar-refractivity contribution in [2.45, 2.75) is 316 Å². The maximum atomic E-state index is 13.1. The molecule has 0 heterocycles. The van der Waals surface area contributed by atoms with Gasteiger partial charge in [0.15, 0.2) is 12.2 Å². The lowest BCUT2D eigenvalue weighted by atomic mass is 10.1. The minimum absolute atomic E-state index is 0.0589. The second-order valence-electron chi connectivity index (χ2n) is 25.5. The van der Waals surface area contributed by atoms with E-state index in [9.17, 15) is 43.2 Å². The molecule has 0 aliphatic carbocycles. The van der Waals surface area contributed by atoms with Crippen molar-refractivity contribution in [3.8, 4) is 0 Å². The largest absolute Gasteiger partial charge is 0.472 e. The minimum Gasteiger partial charge on any atom is -0.462 e. The molecular formula is C83H138O17P2. The zero-order valence-electron chi connectivity index (χ0n) is 63.5. The van der Waals surface area contributed by atoms with Gasteiger partial charge < -0.3 is 33.8 Å². The molecular weight excluding hydrogens is 1330 g/mol. The number of aliphatic hydroxyl groups is 1. The van der Waals surface area contributed by atoms with E-state index in [1.54, 1.807) is 12.2 Å². The van der Waals surface area contributed by atoms with Crippen LogP contribution in [0.3, 0.4) is 0 Å². The highest BCUT2D eigenvalue weighted by Crippen LogP contribution is 2.45. The molecule has 0 aromatic rings. The SMILES string of the molecule is CC/C=C\C/C=C\C/C=C\C/C=C\C/C=C\CCCC(=O)OCC(COP(=O)(O)OCC(O)COP(=O)(O)OCC(COC(=O)CCCCCCC/C=C\CCCCCCCC)OC(=O)CCCCCCC/C=C\CCCCCCCC)OC(=O)C/C=C\C/C=C\C/C=C\C/C=C\C/C=C\CC. The standard InChI is InChI=1S/C83H138O17P2/c1-5-9-13-17-21-25-29-33-37-38-42-44-48-52-56-60-64-68-81(86)94-74-79(100-83(88)70-66-62-58-54-50-46-41-36-32-28-24-20-16-12-8-4)76-98-102(91,92)96-72-77(84)71-95-101(89,90)97-75-78(99-82(87)69-65-61-57-53-49-45-40-35-31-27-23-19-15-11-7-3)73-93-80(85)67-63-59-55-51-47-43-39-34-30-26-22-18-14-10-6-2/h9,12-13,16,21,24-25,28,33-37,39-42,44,50,52,54,56,62,66,77-79,84H,5-8,10-11,14-15,17-20,22-23,26-27,29-32,38,43,45-49,51,53,55,57-61,63-65,67-76H2,1-4H3,(H,89,90)(H,91,92)/b13-9-,16-12-,25-21-,28-24-,37-33-,39-34-,40-35-,41-36-,44-42-,54-50-,56-52-,66-62-. The molecule has 3 N–H and O–H groups in total. The van der Waals surface area contributed by atoms with Crippen LogP contribution in [0.25, 0.3) is 0 Å². The summed E-state index contributed by atoms with van der Waals surface area (Å²) in [6, 6.07) is 0. The number of phosphoric acid groups is 2. The summed E-state index contributed by atoms with van der Waals surface area (Å²) in [6.45, 7) is 4.43. The molecule has 0 aromatic heterocycles. The van der Waals surface area contributed by atoms with Crippen molar-refractivity contribution in [3.63, 3.8) is 0 Å². The van der Waals surface area contributed by atoms with Gasteiger partial charge >= 0.3 is 39.5 Å². The maximum absolute atomic E-state index is 13.1. The average Bonchev–Trinajstić information content (AvgIpc) is 0.923. The molecule has 17 nitrogen and oxygen atoms in total. The van der Waals surface area contributed by atoms with Crippen LogP contribution in [0.1, 0.15) is 297 Å². The van der Waals surface area contributed by atoms with E-state index < -0.39 is 97.5 Å². The Bertz CT molecular complexity index is 2510. The van der Waals surface area contributed by atoms with Gasteiger partial charge in [-0.25, -0.2) is 9.13 Å². The highest BCUT2D eigenvalue weighted by molar-refractivity contribution is 7.47. The Morgan fingerprint density at radius 3 is 0.922 bits per heavy atom. The number of phosphoric ester groups is 2. The fourth-order valence-corrected chi connectivity index (χ4v) is 11.5. The van der Waals surface area contributed by atoms with Crippen molar-refractivity contribution in [2.75, 3.05) is 39.6 Å². The van der Waals surface area contributed by atoms with Gasteiger partial charge in [-0.3, -0.25) is 37.3 Å². The highest BCUT2D eigenvalue weighted by atomic mass is 31.2. The second kappa shape index (κ2) is 74.2. The van der Waals surface area contributed by atoms with Crippen LogP contribution in [0.5, 0.6) is 0 Å². The number of rotatable bonds is 72. The summed E-state index contributed by atoms with van der Waals surface area (Å²) in [7, 11) is -10.0. The number of hydrogen-bond donors (Lipinski definition) is 3. The second-order valence-corrected chi connectivity index (χ2v) is 28.5. The normalized spacial score (nSPS) is 14.7. The van der Waals surface area contributed by atoms with Crippen LogP contribution in [-0.4, -0.2) is 96.7 Å². The molecule has 102 heavy (non-hydrogen) atoms. The van der Waals surface area contributed by atoms with Gasteiger partial charge in [-0.15, -0.1) is 0 Å². The fraction of sp³-hybridized carbons (Fsp3) is 0.663. The van der Waals surface area contributed by atoms with E-state index in [0.717, 1.165) is 135 Å². The van der Waals surface area contributed by atoms with Gasteiger partial charge in [0, 0.05) is 19.3 Å². The van der Waals surface area contributed by atoms with E-state index in [1.807, 2.05) is 24.3 Å². The van der Waals surface area contributed by atoms with Gasteiger partial charge in [-0.1, -0.05) is 276 Å². The van der Waals surface area contributed by atoms with E-state index in [0.29, 0.717) is 32.1 Å². The van der Waals surface area contributed by atoms with Crippen LogP contribution in [0.15, 0.2) is 146 Å². The third kappa shape index (κ3) is 73.3. The molecule has 0 saturated carbocycles. The molecule has 0 bridgehead atoms. The minimum atomic E-state index is -5.02. The lowest BCUT2D eigenvalue weighted by molar-refractivity contribution is -0.161. The van der Waals surface area contributed by atoms with E-state index in [4.69, 9.17) is 37.0 Å². The maximum Gasteiger partial charge on any atom is 0.472 e. The summed E-state index contributed by atoms with van der Waals surface area (Å²) in [5.41, 5.74) is 0. The molecule has 0 saturated heterocycles. The monoisotopic (exact) mass is 1470 g/mol. The molecule has 19 heteroatoms. The predicted molar refractivity (Wildman–Crippen MR) is 417 cm³/mol. The Morgan fingerprint density at radius 2 is 0.559 bits per heavy atom. The quantitative estimate of drug-likeness (QED) is 0.0169.